The maximum Gasteiger partial charge on any atom is 0.253 e. The summed E-state index contributed by atoms with van der Waals surface area (Å²) in [5.41, 5.74) is 0.863. The van der Waals surface area contributed by atoms with Crippen LogP contribution in [-0.2, 0) is 11.3 Å². The number of rotatable bonds is 5. The Balaban J connectivity index is 1.69. The topological polar surface area (TPSA) is 113 Å². The van der Waals surface area contributed by atoms with Crippen molar-refractivity contribution >= 4 is 17.5 Å². The minimum absolute atomic E-state index is 0.0578. The Labute approximate surface area is 144 Å². The second kappa shape index (κ2) is 7.57. The molecule has 0 aliphatic heterocycles. The van der Waals surface area contributed by atoms with Crippen molar-refractivity contribution in [3.63, 3.8) is 0 Å². The van der Waals surface area contributed by atoms with E-state index in [1.807, 2.05) is 6.07 Å². The number of carbonyl (C=O) groups excluding carboxylic acids is 2. The highest BCUT2D eigenvalue weighted by atomic mass is 16.2. The van der Waals surface area contributed by atoms with E-state index in [4.69, 9.17) is 5.26 Å². The Hall–Kier alpha value is -3.21. The van der Waals surface area contributed by atoms with E-state index >= 15 is 0 Å². The summed E-state index contributed by atoms with van der Waals surface area (Å²) in [7, 11) is 0. The van der Waals surface area contributed by atoms with Gasteiger partial charge in [-0.2, -0.15) is 5.26 Å². The predicted octanol–water partition coefficient (Wildman–Crippen LogP) is 1.46. The fourth-order valence-electron chi connectivity index (χ4n) is 2.93. The SMILES string of the molecule is N#Cc1nncn1CC(=O)Nc1ccccc1C(=O)NC1CCCC1. The first-order valence-corrected chi connectivity index (χ1v) is 8.15. The second-order valence-electron chi connectivity index (χ2n) is 5.94. The molecule has 1 fully saturated rings. The third-order valence-electron chi connectivity index (χ3n) is 4.17. The number of hydrogen-bond acceptors (Lipinski definition) is 5. The number of nitrogens with one attached hydrogen (secondary N) is 2. The summed E-state index contributed by atoms with van der Waals surface area (Å²) < 4.78 is 1.34. The number of aromatic nitrogens is 3. The summed E-state index contributed by atoms with van der Waals surface area (Å²) in [6.45, 7) is -0.103. The summed E-state index contributed by atoms with van der Waals surface area (Å²) in [4.78, 5) is 24.7. The van der Waals surface area contributed by atoms with E-state index in [1.165, 1.54) is 10.9 Å². The molecule has 2 aromatic rings. The molecule has 8 heteroatoms. The van der Waals surface area contributed by atoms with Gasteiger partial charge in [0, 0.05) is 6.04 Å². The Bertz CT molecular complexity index is 817. The summed E-state index contributed by atoms with van der Waals surface area (Å²) in [5.74, 6) is -0.496. The van der Waals surface area contributed by atoms with E-state index < -0.39 is 0 Å². The van der Waals surface area contributed by atoms with Gasteiger partial charge in [0.1, 0.15) is 18.9 Å². The lowest BCUT2D eigenvalue weighted by molar-refractivity contribution is -0.116. The molecule has 0 unspecified atom stereocenters. The molecule has 1 heterocycles. The predicted molar refractivity (Wildman–Crippen MR) is 89.5 cm³/mol. The maximum absolute atomic E-state index is 12.5. The first kappa shape index (κ1) is 16.6. The van der Waals surface area contributed by atoms with Crippen molar-refractivity contribution in [1.29, 1.82) is 5.26 Å². The van der Waals surface area contributed by atoms with Crippen LogP contribution in [0.15, 0.2) is 30.6 Å². The van der Waals surface area contributed by atoms with Crippen molar-refractivity contribution in [2.75, 3.05) is 5.32 Å². The highest BCUT2D eigenvalue weighted by molar-refractivity contribution is 6.03. The standard InChI is InChI=1S/C17H18N6O2/c18-9-15-22-19-11-23(15)10-16(24)21-14-8-4-3-7-13(14)17(25)20-12-5-1-2-6-12/h3-4,7-8,11-12H,1-2,5-6,10H2,(H,20,25)(H,21,24). The molecule has 2 N–H and O–H groups in total. The molecule has 128 valence electrons. The zero-order valence-corrected chi connectivity index (χ0v) is 13.6. The lowest BCUT2D eigenvalue weighted by atomic mass is 10.1. The van der Waals surface area contributed by atoms with Gasteiger partial charge in [-0.15, -0.1) is 10.2 Å². The molecule has 1 saturated carbocycles. The van der Waals surface area contributed by atoms with Gasteiger partial charge in [-0.05, 0) is 25.0 Å². The Morgan fingerprint density at radius 2 is 2.04 bits per heavy atom. The van der Waals surface area contributed by atoms with Crippen molar-refractivity contribution in [3.8, 4) is 6.07 Å². The van der Waals surface area contributed by atoms with Crippen molar-refractivity contribution in [2.24, 2.45) is 0 Å². The lowest BCUT2D eigenvalue weighted by Gasteiger charge is -2.15. The van der Waals surface area contributed by atoms with E-state index in [9.17, 15) is 9.59 Å². The Kier molecular flexibility index (Phi) is 5.04. The Morgan fingerprint density at radius 3 is 2.80 bits per heavy atom. The fourth-order valence-corrected chi connectivity index (χ4v) is 2.93. The van der Waals surface area contributed by atoms with Crippen molar-refractivity contribution in [2.45, 2.75) is 38.3 Å². The summed E-state index contributed by atoms with van der Waals surface area (Å²) in [6, 6.07) is 8.93. The zero-order chi connectivity index (χ0) is 17.6. The van der Waals surface area contributed by atoms with Crippen LogP contribution in [0.3, 0.4) is 0 Å². The molecule has 1 aromatic carbocycles. The quantitative estimate of drug-likeness (QED) is 0.857. The summed E-state index contributed by atoms with van der Waals surface area (Å²) in [5, 5.41) is 21.8. The molecule has 0 radical (unpaired) electrons. The molecule has 0 bridgehead atoms. The van der Waals surface area contributed by atoms with Crippen molar-refractivity contribution < 1.29 is 9.59 Å². The molecular formula is C17H18N6O2. The molecule has 3 rings (SSSR count). The first-order valence-electron chi connectivity index (χ1n) is 8.15. The van der Waals surface area contributed by atoms with E-state index in [0.717, 1.165) is 25.7 Å². The van der Waals surface area contributed by atoms with Crippen LogP contribution in [0.2, 0.25) is 0 Å². The van der Waals surface area contributed by atoms with Gasteiger partial charge < -0.3 is 10.6 Å². The fraction of sp³-hybridized carbons (Fsp3) is 0.353. The minimum atomic E-state index is -0.364. The highest BCUT2D eigenvalue weighted by Gasteiger charge is 2.20. The van der Waals surface area contributed by atoms with Crippen LogP contribution in [0.25, 0.3) is 0 Å². The van der Waals surface area contributed by atoms with E-state index in [1.54, 1.807) is 24.3 Å². The van der Waals surface area contributed by atoms with Crippen LogP contribution in [-0.4, -0.2) is 32.6 Å². The van der Waals surface area contributed by atoms with Crippen LogP contribution in [0.1, 0.15) is 41.9 Å². The number of carbonyl (C=O) groups is 2. The number of para-hydroxylation sites is 1. The van der Waals surface area contributed by atoms with Gasteiger partial charge in [0.15, 0.2) is 0 Å². The largest absolute Gasteiger partial charge is 0.349 e. The smallest absolute Gasteiger partial charge is 0.253 e. The number of amides is 2. The van der Waals surface area contributed by atoms with E-state index in [2.05, 4.69) is 20.8 Å². The molecule has 2 amide bonds. The average Bonchev–Trinajstić information content (AvgIpc) is 3.26. The molecular weight excluding hydrogens is 320 g/mol. The summed E-state index contributed by atoms with van der Waals surface area (Å²) in [6.07, 6.45) is 5.56. The number of anilines is 1. The van der Waals surface area contributed by atoms with Crippen LogP contribution >= 0.6 is 0 Å². The molecule has 1 aliphatic carbocycles. The van der Waals surface area contributed by atoms with Crippen LogP contribution in [0.5, 0.6) is 0 Å². The molecule has 8 nitrogen and oxygen atoms in total. The Morgan fingerprint density at radius 1 is 1.28 bits per heavy atom. The van der Waals surface area contributed by atoms with Gasteiger partial charge in [-0.3, -0.25) is 14.2 Å². The van der Waals surface area contributed by atoms with Gasteiger partial charge >= 0.3 is 0 Å². The van der Waals surface area contributed by atoms with Crippen molar-refractivity contribution in [1.82, 2.24) is 20.1 Å². The normalized spacial score (nSPS) is 14.0. The van der Waals surface area contributed by atoms with Gasteiger partial charge in [-0.25, -0.2) is 0 Å². The maximum atomic E-state index is 12.5. The number of hydrogen-bond donors (Lipinski definition) is 2. The van der Waals surface area contributed by atoms with Gasteiger partial charge in [-0.1, -0.05) is 25.0 Å². The van der Waals surface area contributed by atoms with Crippen LogP contribution in [0.4, 0.5) is 5.69 Å². The van der Waals surface area contributed by atoms with E-state index in [0.29, 0.717) is 11.3 Å². The summed E-state index contributed by atoms with van der Waals surface area (Å²) >= 11 is 0. The second-order valence-corrected chi connectivity index (χ2v) is 5.94. The first-order chi connectivity index (χ1) is 12.2. The van der Waals surface area contributed by atoms with E-state index in [-0.39, 0.29) is 30.2 Å². The molecule has 1 aromatic heterocycles. The highest BCUT2D eigenvalue weighted by Crippen LogP contribution is 2.20. The van der Waals surface area contributed by atoms with Gasteiger partial charge in [0.25, 0.3) is 5.91 Å². The monoisotopic (exact) mass is 338 g/mol. The van der Waals surface area contributed by atoms with Gasteiger partial charge in [0.2, 0.25) is 11.7 Å². The molecule has 0 atom stereocenters. The third-order valence-corrected chi connectivity index (χ3v) is 4.17. The van der Waals surface area contributed by atoms with Crippen LogP contribution in [0, 0.1) is 11.3 Å². The average molecular weight is 338 g/mol. The third kappa shape index (κ3) is 4.01. The molecule has 25 heavy (non-hydrogen) atoms. The van der Waals surface area contributed by atoms with Gasteiger partial charge in [0.05, 0.1) is 11.3 Å². The molecule has 0 spiro atoms. The minimum Gasteiger partial charge on any atom is -0.349 e. The lowest BCUT2D eigenvalue weighted by Crippen LogP contribution is -2.33. The van der Waals surface area contributed by atoms with Crippen LogP contribution < -0.4 is 10.6 Å². The zero-order valence-electron chi connectivity index (χ0n) is 13.6. The number of nitriles is 1. The number of benzene rings is 1. The molecule has 1 aliphatic rings. The van der Waals surface area contributed by atoms with Crippen molar-refractivity contribution in [3.05, 3.63) is 42.0 Å². The number of nitrogens with zero attached hydrogens (tertiary/aromatic N) is 4. The molecule has 0 saturated heterocycles.